The summed E-state index contributed by atoms with van der Waals surface area (Å²) in [7, 11) is 0. The van der Waals surface area contributed by atoms with Gasteiger partial charge in [0.05, 0.1) is 10.6 Å². The summed E-state index contributed by atoms with van der Waals surface area (Å²) in [6.45, 7) is 2.27. The topological polar surface area (TPSA) is 67.5 Å². The second kappa shape index (κ2) is 5.07. The molecule has 5 nitrogen and oxygen atoms in total. The van der Waals surface area contributed by atoms with Gasteiger partial charge in [0.25, 0.3) is 5.69 Å². The highest BCUT2D eigenvalue weighted by Gasteiger charge is 2.40. The van der Waals surface area contributed by atoms with Gasteiger partial charge in [-0.25, -0.2) is 0 Å². The molecule has 0 aromatic heterocycles. The highest BCUT2D eigenvalue weighted by molar-refractivity contribution is 5.65. The molecule has 0 spiro atoms. The molecule has 0 unspecified atom stereocenters. The number of nitro groups is 1. The minimum atomic E-state index is -0.406. The van der Waals surface area contributed by atoms with Crippen LogP contribution in [0.25, 0.3) is 0 Å². The van der Waals surface area contributed by atoms with E-state index in [0.717, 1.165) is 5.69 Å². The number of benzene rings is 1. The monoisotopic (exact) mass is 271 g/mol. The second-order valence-electron chi connectivity index (χ2n) is 5.58. The Labute approximate surface area is 117 Å². The molecular weight excluding hydrogens is 254 g/mol. The molecule has 4 atom stereocenters. The Morgan fingerprint density at radius 1 is 1.30 bits per heavy atom. The molecule has 104 valence electrons. The largest absolute Gasteiger partial charge is 0.279 e. The fourth-order valence-corrected chi connectivity index (χ4v) is 3.21. The fourth-order valence-electron chi connectivity index (χ4n) is 3.21. The number of anilines is 1. The number of nitrogens with zero attached hydrogens (tertiary/aromatic N) is 2. The number of hydrogen-bond acceptors (Lipinski definition) is 4. The zero-order valence-electron chi connectivity index (χ0n) is 11.3. The number of hydrogen-bond donors (Lipinski definition) is 1. The molecule has 1 aromatic carbocycles. The van der Waals surface area contributed by atoms with Crippen LogP contribution in [0.1, 0.15) is 13.3 Å². The maximum absolute atomic E-state index is 10.6. The molecule has 1 aromatic rings. The molecule has 1 saturated carbocycles. The van der Waals surface area contributed by atoms with E-state index in [-0.39, 0.29) is 5.69 Å². The van der Waals surface area contributed by atoms with Gasteiger partial charge in [0.1, 0.15) is 0 Å². The zero-order chi connectivity index (χ0) is 14.1. The van der Waals surface area contributed by atoms with Crippen LogP contribution >= 0.6 is 0 Å². The van der Waals surface area contributed by atoms with Gasteiger partial charge in [0.15, 0.2) is 0 Å². The number of rotatable bonds is 4. The number of nitrogens with one attached hydrogen (secondary N) is 1. The minimum Gasteiger partial charge on any atom is -0.279 e. The van der Waals surface area contributed by atoms with Crippen LogP contribution in [0.5, 0.6) is 0 Å². The number of hydrazone groups is 1. The summed E-state index contributed by atoms with van der Waals surface area (Å²) in [6.07, 6.45) is 7.85. The summed E-state index contributed by atoms with van der Waals surface area (Å²) in [4.78, 5) is 10.2. The third-order valence-corrected chi connectivity index (χ3v) is 4.45. The van der Waals surface area contributed by atoms with Crippen molar-refractivity contribution in [1.82, 2.24) is 0 Å². The van der Waals surface area contributed by atoms with Crippen molar-refractivity contribution in [3.8, 4) is 0 Å². The van der Waals surface area contributed by atoms with Crippen molar-refractivity contribution in [3.05, 3.63) is 46.5 Å². The molecule has 3 rings (SSSR count). The Morgan fingerprint density at radius 2 is 2.00 bits per heavy atom. The molecule has 2 aliphatic carbocycles. The van der Waals surface area contributed by atoms with Crippen LogP contribution in [0, 0.1) is 33.8 Å². The summed E-state index contributed by atoms with van der Waals surface area (Å²) >= 11 is 0. The van der Waals surface area contributed by atoms with Crippen LogP contribution in [-0.2, 0) is 0 Å². The molecule has 5 heteroatoms. The van der Waals surface area contributed by atoms with Crippen molar-refractivity contribution in [2.75, 3.05) is 5.43 Å². The lowest BCUT2D eigenvalue weighted by molar-refractivity contribution is -0.384. The maximum Gasteiger partial charge on any atom is 0.269 e. The summed E-state index contributed by atoms with van der Waals surface area (Å²) in [5.41, 5.74) is 3.79. The number of non-ortho nitro benzene ring substituents is 1. The Kier molecular flexibility index (Phi) is 3.26. The van der Waals surface area contributed by atoms with Gasteiger partial charge in [-0.15, -0.1) is 0 Å². The Bertz CT molecular complexity index is 565. The van der Waals surface area contributed by atoms with Gasteiger partial charge in [-0.1, -0.05) is 19.1 Å². The standard InChI is InChI=1S/C15H17N3O2/c1-10-11-2-3-12(8-11)15(10)9-16-17-13-4-6-14(7-5-13)18(19)20/h2-7,9-12,15,17H,8H2,1H3/b16-9-/t10-,11-,12+,15-/m1/s1. The minimum absolute atomic E-state index is 0.0893. The fraction of sp³-hybridized carbons (Fsp3) is 0.400. The number of fused-ring (bicyclic) bond motifs is 2. The predicted octanol–water partition coefficient (Wildman–Crippen LogP) is 3.45. The first-order valence-corrected chi connectivity index (χ1v) is 6.87. The third kappa shape index (κ3) is 2.31. The van der Waals surface area contributed by atoms with Crippen LogP contribution in [-0.4, -0.2) is 11.1 Å². The maximum atomic E-state index is 10.6. The van der Waals surface area contributed by atoms with Crippen molar-refractivity contribution in [1.29, 1.82) is 0 Å². The van der Waals surface area contributed by atoms with E-state index in [1.807, 2.05) is 6.21 Å². The van der Waals surface area contributed by atoms with E-state index in [9.17, 15) is 10.1 Å². The van der Waals surface area contributed by atoms with E-state index in [1.54, 1.807) is 12.1 Å². The molecular formula is C15H17N3O2. The van der Waals surface area contributed by atoms with E-state index in [4.69, 9.17) is 0 Å². The van der Waals surface area contributed by atoms with E-state index < -0.39 is 4.92 Å². The average Bonchev–Trinajstić information content (AvgIpc) is 3.02. The first-order chi connectivity index (χ1) is 9.65. The molecule has 0 saturated heterocycles. The molecule has 0 aliphatic heterocycles. The highest BCUT2D eigenvalue weighted by Crippen LogP contribution is 2.46. The molecule has 20 heavy (non-hydrogen) atoms. The highest BCUT2D eigenvalue weighted by atomic mass is 16.6. The van der Waals surface area contributed by atoms with Gasteiger partial charge in [-0.05, 0) is 36.3 Å². The van der Waals surface area contributed by atoms with Crippen LogP contribution in [0.2, 0.25) is 0 Å². The van der Waals surface area contributed by atoms with Crippen LogP contribution in [0.3, 0.4) is 0 Å². The lowest BCUT2D eigenvalue weighted by Gasteiger charge is -2.20. The zero-order valence-corrected chi connectivity index (χ0v) is 11.3. The molecule has 2 bridgehead atoms. The Hall–Kier alpha value is -2.17. The average molecular weight is 271 g/mol. The van der Waals surface area contributed by atoms with Crippen LogP contribution < -0.4 is 5.43 Å². The second-order valence-corrected chi connectivity index (χ2v) is 5.58. The molecule has 1 N–H and O–H groups in total. The first kappa shape index (κ1) is 12.8. The van der Waals surface area contributed by atoms with Gasteiger partial charge in [0.2, 0.25) is 0 Å². The number of nitro benzene ring substituents is 1. The summed E-state index contributed by atoms with van der Waals surface area (Å²) in [5.74, 6) is 2.47. The Morgan fingerprint density at radius 3 is 2.60 bits per heavy atom. The van der Waals surface area contributed by atoms with Gasteiger partial charge in [-0.3, -0.25) is 15.5 Å². The van der Waals surface area contributed by atoms with Crippen LogP contribution in [0.4, 0.5) is 11.4 Å². The van der Waals surface area contributed by atoms with Crippen molar-refractivity contribution >= 4 is 17.6 Å². The Balaban J connectivity index is 1.60. The van der Waals surface area contributed by atoms with E-state index in [0.29, 0.717) is 23.7 Å². The van der Waals surface area contributed by atoms with Gasteiger partial charge in [-0.2, -0.15) is 5.10 Å². The van der Waals surface area contributed by atoms with Crippen molar-refractivity contribution in [2.24, 2.45) is 28.8 Å². The van der Waals surface area contributed by atoms with Gasteiger partial charge < -0.3 is 0 Å². The quantitative estimate of drug-likeness (QED) is 0.394. The molecule has 0 heterocycles. The van der Waals surface area contributed by atoms with Crippen molar-refractivity contribution in [2.45, 2.75) is 13.3 Å². The van der Waals surface area contributed by atoms with E-state index in [1.165, 1.54) is 18.6 Å². The SMILES string of the molecule is C[C@H]1[C@@H](/C=N\Nc2ccc([N+](=O)[O-])cc2)[C@H]2C=C[C@@H]1C2. The molecule has 0 radical (unpaired) electrons. The van der Waals surface area contributed by atoms with E-state index in [2.05, 4.69) is 29.6 Å². The van der Waals surface area contributed by atoms with E-state index >= 15 is 0 Å². The van der Waals surface area contributed by atoms with Crippen molar-refractivity contribution < 1.29 is 4.92 Å². The normalized spacial score (nSPS) is 31.1. The first-order valence-electron chi connectivity index (χ1n) is 6.87. The lowest BCUT2D eigenvalue weighted by Crippen LogP contribution is -2.18. The summed E-state index contributed by atoms with van der Waals surface area (Å²) < 4.78 is 0. The third-order valence-electron chi connectivity index (χ3n) is 4.45. The van der Waals surface area contributed by atoms with Gasteiger partial charge in [0, 0.05) is 24.3 Å². The molecule has 2 aliphatic rings. The molecule has 0 amide bonds. The van der Waals surface area contributed by atoms with Crippen LogP contribution in [0.15, 0.2) is 41.5 Å². The number of allylic oxidation sites excluding steroid dienone is 2. The smallest absolute Gasteiger partial charge is 0.269 e. The van der Waals surface area contributed by atoms with Gasteiger partial charge >= 0.3 is 0 Å². The predicted molar refractivity (Wildman–Crippen MR) is 78.6 cm³/mol. The summed E-state index contributed by atoms with van der Waals surface area (Å²) in [5, 5.41) is 14.8. The lowest BCUT2D eigenvalue weighted by atomic mass is 9.85. The molecule has 1 fully saturated rings. The van der Waals surface area contributed by atoms with Crippen molar-refractivity contribution in [3.63, 3.8) is 0 Å². The summed E-state index contributed by atoms with van der Waals surface area (Å²) in [6, 6.07) is 6.28.